The molecule has 0 radical (unpaired) electrons. The zero-order chi connectivity index (χ0) is 16.9. The van der Waals surface area contributed by atoms with Crippen LogP contribution in [0.3, 0.4) is 0 Å². The molecule has 1 atom stereocenters. The van der Waals surface area contributed by atoms with Crippen LogP contribution in [0.4, 0.5) is 0 Å². The van der Waals surface area contributed by atoms with Crippen LogP contribution in [0, 0.1) is 0 Å². The standard InChI is InChI=1S/C17H22N2O4/c1-17(23,10-9-13-5-3-2-4-6-13)12-18-14(20)11-19-15(21)7-8-16(19)22/h2-6,23H,7-12H2,1H3,(H,18,20). The third-order valence-electron chi connectivity index (χ3n) is 3.92. The van der Waals surface area contributed by atoms with Crippen LogP contribution in [-0.2, 0) is 20.8 Å². The normalized spacial score (nSPS) is 17.2. The van der Waals surface area contributed by atoms with Gasteiger partial charge in [0, 0.05) is 19.4 Å². The van der Waals surface area contributed by atoms with Crippen LogP contribution in [0.25, 0.3) is 0 Å². The fourth-order valence-electron chi connectivity index (χ4n) is 2.43. The van der Waals surface area contributed by atoms with E-state index in [0.717, 1.165) is 10.5 Å². The van der Waals surface area contributed by atoms with Crippen molar-refractivity contribution in [1.82, 2.24) is 10.2 Å². The molecular weight excluding hydrogens is 296 g/mol. The van der Waals surface area contributed by atoms with Gasteiger partial charge >= 0.3 is 0 Å². The second kappa shape index (κ2) is 7.37. The average molecular weight is 318 g/mol. The Labute approximate surface area is 135 Å². The predicted molar refractivity (Wildman–Crippen MR) is 84.4 cm³/mol. The van der Waals surface area contributed by atoms with Gasteiger partial charge in [0.15, 0.2) is 0 Å². The van der Waals surface area contributed by atoms with E-state index in [1.807, 2.05) is 30.3 Å². The monoisotopic (exact) mass is 318 g/mol. The lowest BCUT2D eigenvalue weighted by atomic mass is 9.97. The fourth-order valence-corrected chi connectivity index (χ4v) is 2.43. The fraction of sp³-hybridized carbons (Fsp3) is 0.471. The highest BCUT2D eigenvalue weighted by Gasteiger charge is 2.31. The molecule has 0 saturated carbocycles. The van der Waals surface area contributed by atoms with Crippen LogP contribution < -0.4 is 5.32 Å². The van der Waals surface area contributed by atoms with E-state index in [0.29, 0.717) is 12.8 Å². The van der Waals surface area contributed by atoms with E-state index in [1.54, 1.807) is 6.92 Å². The van der Waals surface area contributed by atoms with E-state index >= 15 is 0 Å². The maximum Gasteiger partial charge on any atom is 0.240 e. The SMILES string of the molecule is CC(O)(CCc1ccccc1)CNC(=O)CN1C(=O)CCC1=O. The molecule has 0 aliphatic carbocycles. The third kappa shape index (κ3) is 5.17. The maximum atomic E-state index is 11.8. The second-order valence-corrected chi connectivity index (χ2v) is 6.13. The molecule has 1 heterocycles. The van der Waals surface area contributed by atoms with E-state index < -0.39 is 11.5 Å². The first-order valence-electron chi connectivity index (χ1n) is 7.73. The highest BCUT2D eigenvalue weighted by atomic mass is 16.3. The minimum absolute atomic E-state index is 0.0783. The van der Waals surface area contributed by atoms with Crippen LogP contribution in [0.5, 0.6) is 0 Å². The molecule has 124 valence electrons. The van der Waals surface area contributed by atoms with Gasteiger partial charge < -0.3 is 10.4 Å². The Morgan fingerprint density at radius 3 is 2.43 bits per heavy atom. The molecule has 1 aromatic rings. The van der Waals surface area contributed by atoms with Crippen molar-refractivity contribution in [2.75, 3.05) is 13.1 Å². The molecule has 23 heavy (non-hydrogen) atoms. The number of hydrogen-bond acceptors (Lipinski definition) is 4. The van der Waals surface area contributed by atoms with Gasteiger partial charge in [-0.2, -0.15) is 0 Å². The third-order valence-corrected chi connectivity index (χ3v) is 3.92. The van der Waals surface area contributed by atoms with Crippen LogP contribution in [0.1, 0.15) is 31.7 Å². The first-order valence-corrected chi connectivity index (χ1v) is 7.73. The molecule has 1 unspecified atom stereocenters. The number of carbonyl (C=O) groups is 3. The number of likely N-dealkylation sites (tertiary alicyclic amines) is 1. The quantitative estimate of drug-likeness (QED) is 0.722. The molecular formula is C17H22N2O4. The number of nitrogens with zero attached hydrogens (tertiary/aromatic N) is 1. The van der Waals surface area contributed by atoms with Crippen molar-refractivity contribution in [3.8, 4) is 0 Å². The predicted octanol–water partition coefficient (Wildman–Crippen LogP) is 0.635. The van der Waals surface area contributed by atoms with Crippen molar-refractivity contribution in [3.05, 3.63) is 35.9 Å². The number of nitrogens with one attached hydrogen (secondary N) is 1. The first kappa shape index (κ1) is 17.1. The summed E-state index contributed by atoms with van der Waals surface area (Å²) in [4.78, 5) is 35.7. The summed E-state index contributed by atoms with van der Waals surface area (Å²) in [6.07, 6.45) is 1.54. The Kier molecular flexibility index (Phi) is 5.50. The van der Waals surface area contributed by atoms with Crippen LogP contribution in [-0.4, -0.2) is 46.4 Å². The highest BCUT2D eigenvalue weighted by Crippen LogP contribution is 2.14. The van der Waals surface area contributed by atoms with Crippen molar-refractivity contribution < 1.29 is 19.5 Å². The molecule has 0 spiro atoms. The number of carbonyl (C=O) groups excluding carboxylic acids is 3. The minimum Gasteiger partial charge on any atom is -0.388 e. The van der Waals surface area contributed by atoms with Gasteiger partial charge in [0.2, 0.25) is 17.7 Å². The molecule has 1 fully saturated rings. The molecule has 1 aliphatic rings. The van der Waals surface area contributed by atoms with E-state index in [2.05, 4.69) is 5.32 Å². The van der Waals surface area contributed by atoms with E-state index in [-0.39, 0.29) is 37.7 Å². The van der Waals surface area contributed by atoms with Gasteiger partial charge in [-0.25, -0.2) is 0 Å². The number of aliphatic hydroxyl groups is 1. The molecule has 1 aromatic carbocycles. The zero-order valence-electron chi connectivity index (χ0n) is 13.2. The Morgan fingerprint density at radius 1 is 1.22 bits per heavy atom. The van der Waals surface area contributed by atoms with Crippen LogP contribution in [0.15, 0.2) is 30.3 Å². The van der Waals surface area contributed by atoms with Gasteiger partial charge in [0.25, 0.3) is 0 Å². The van der Waals surface area contributed by atoms with E-state index in [1.165, 1.54) is 0 Å². The maximum absolute atomic E-state index is 11.8. The van der Waals surface area contributed by atoms with Crippen molar-refractivity contribution in [2.45, 2.75) is 38.2 Å². The van der Waals surface area contributed by atoms with Crippen LogP contribution in [0.2, 0.25) is 0 Å². The summed E-state index contributed by atoms with van der Waals surface area (Å²) in [6, 6.07) is 9.78. The minimum atomic E-state index is -1.05. The lowest BCUT2D eigenvalue weighted by Crippen LogP contribution is -2.45. The topological polar surface area (TPSA) is 86.7 Å². The molecule has 6 nitrogen and oxygen atoms in total. The van der Waals surface area contributed by atoms with Crippen molar-refractivity contribution in [1.29, 1.82) is 0 Å². The Hall–Kier alpha value is -2.21. The molecule has 3 amide bonds. The summed E-state index contributed by atoms with van der Waals surface area (Å²) in [7, 11) is 0. The van der Waals surface area contributed by atoms with Gasteiger partial charge in [0.1, 0.15) is 6.54 Å². The van der Waals surface area contributed by atoms with Gasteiger partial charge in [-0.15, -0.1) is 0 Å². The zero-order valence-corrected chi connectivity index (χ0v) is 13.2. The molecule has 1 aliphatic heterocycles. The lowest BCUT2D eigenvalue weighted by Gasteiger charge is -2.24. The molecule has 2 N–H and O–H groups in total. The molecule has 2 rings (SSSR count). The number of benzene rings is 1. The van der Waals surface area contributed by atoms with Crippen molar-refractivity contribution >= 4 is 17.7 Å². The van der Waals surface area contributed by atoms with E-state index in [9.17, 15) is 19.5 Å². The second-order valence-electron chi connectivity index (χ2n) is 6.13. The van der Waals surface area contributed by atoms with Crippen molar-refractivity contribution in [3.63, 3.8) is 0 Å². The largest absolute Gasteiger partial charge is 0.388 e. The summed E-state index contributed by atoms with van der Waals surface area (Å²) in [5, 5.41) is 12.9. The van der Waals surface area contributed by atoms with Gasteiger partial charge in [-0.3, -0.25) is 19.3 Å². The van der Waals surface area contributed by atoms with Gasteiger partial charge in [-0.05, 0) is 25.3 Å². The van der Waals surface area contributed by atoms with Crippen molar-refractivity contribution in [2.24, 2.45) is 0 Å². The Morgan fingerprint density at radius 2 is 1.83 bits per heavy atom. The number of aryl methyl sites for hydroxylation is 1. The van der Waals surface area contributed by atoms with Crippen LogP contribution >= 0.6 is 0 Å². The van der Waals surface area contributed by atoms with E-state index in [4.69, 9.17) is 0 Å². The molecule has 6 heteroatoms. The summed E-state index contributed by atoms with van der Waals surface area (Å²) in [5.74, 6) is -1.07. The van der Waals surface area contributed by atoms with Gasteiger partial charge in [-0.1, -0.05) is 30.3 Å². The number of amides is 3. The number of imide groups is 1. The van der Waals surface area contributed by atoms with Gasteiger partial charge in [0.05, 0.1) is 5.60 Å². The highest BCUT2D eigenvalue weighted by molar-refractivity contribution is 6.04. The average Bonchev–Trinajstić information content (AvgIpc) is 2.84. The summed E-state index contributed by atoms with van der Waals surface area (Å²) in [5.41, 5.74) is 0.0669. The Bertz CT molecular complexity index is 568. The summed E-state index contributed by atoms with van der Waals surface area (Å²) >= 11 is 0. The number of rotatable bonds is 7. The smallest absolute Gasteiger partial charge is 0.240 e. The first-order chi connectivity index (χ1) is 10.9. The Balaban J connectivity index is 1.76. The molecule has 1 saturated heterocycles. The molecule has 0 bridgehead atoms. The summed E-state index contributed by atoms with van der Waals surface area (Å²) < 4.78 is 0. The number of hydrogen-bond donors (Lipinski definition) is 2. The molecule has 0 aromatic heterocycles. The lowest BCUT2D eigenvalue weighted by molar-refractivity contribution is -0.142. The summed E-state index contributed by atoms with van der Waals surface area (Å²) in [6.45, 7) is 1.46.